The number of methoxy groups -OCH3 is 1. The molecule has 0 saturated heterocycles. The molecule has 0 heterocycles. The molecule has 0 unspecified atom stereocenters. The molecule has 0 aromatic heterocycles. The standard InChI is InChI=1S/C17H15ClN2O2/c1-22-14-6-4-5-12(10-14)9-13(11-19)17(21)20-16-8-3-2-7-15(16)18/h2-8,10,13H,9H2,1H3,(H,20,21)/t13-/m0/s1. The number of amides is 1. The number of hydrogen-bond acceptors (Lipinski definition) is 3. The summed E-state index contributed by atoms with van der Waals surface area (Å²) in [7, 11) is 1.57. The highest BCUT2D eigenvalue weighted by atomic mass is 35.5. The van der Waals surface area contributed by atoms with Crippen LogP contribution in [0.2, 0.25) is 5.02 Å². The average Bonchev–Trinajstić information content (AvgIpc) is 2.54. The zero-order valence-electron chi connectivity index (χ0n) is 12.0. The number of carbonyl (C=O) groups is 1. The van der Waals surface area contributed by atoms with E-state index in [0.29, 0.717) is 22.9 Å². The number of ether oxygens (including phenoxy) is 1. The summed E-state index contributed by atoms with van der Waals surface area (Å²) in [5.41, 5.74) is 1.36. The first kappa shape index (κ1) is 15.9. The number of nitriles is 1. The van der Waals surface area contributed by atoms with Crippen LogP contribution < -0.4 is 10.1 Å². The molecule has 0 saturated carbocycles. The van der Waals surface area contributed by atoms with Crippen LogP contribution in [0.5, 0.6) is 5.75 Å². The number of anilines is 1. The van der Waals surface area contributed by atoms with E-state index < -0.39 is 5.92 Å². The maximum Gasteiger partial charge on any atom is 0.242 e. The van der Waals surface area contributed by atoms with E-state index in [1.165, 1.54) is 0 Å². The zero-order valence-corrected chi connectivity index (χ0v) is 12.8. The lowest BCUT2D eigenvalue weighted by molar-refractivity contribution is -0.118. The van der Waals surface area contributed by atoms with Gasteiger partial charge in [0.15, 0.2) is 0 Å². The molecule has 112 valence electrons. The molecule has 1 amide bonds. The number of nitrogens with zero attached hydrogens (tertiary/aromatic N) is 1. The minimum Gasteiger partial charge on any atom is -0.497 e. The van der Waals surface area contributed by atoms with Crippen LogP contribution >= 0.6 is 11.6 Å². The Hall–Kier alpha value is -2.51. The third-order valence-corrected chi connectivity index (χ3v) is 3.51. The summed E-state index contributed by atoms with van der Waals surface area (Å²) in [6.45, 7) is 0. The molecule has 0 aliphatic carbocycles. The van der Waals surface area contributed by atoms with Crippen molar-refractivity contribution in [1.29, 1.82) is 5.26 Å². The van der Waals surface area contributed by atoms with Crippen LogP contribution in [0.3, 0.4) is 0 Å². The molecule has 2 rings (SSSR count). The van der Waals surface area contributed by atoms with Gasteiger partial charge >= 0.3 is 0 Å². The first-order valence-corrected chi connectivity index (χ1v) is 7.09. The van der Waals surface area contributed by atoms with E-state index in [2.05, 4.69) is 5.32 Å². The highest BCUT2D eigenvalue weighted by Gasteiger charge is 2.19. The van der Waals surface area contributed by atoms with Gasteiger partial charge in [0.25, 0.3) is 0 Å². The van der Waals surface area contributed by atoms with Crippen molar-refractivity contribution in [3.8, 4) is 11.8 Å². The van der Waals surface area contributed by atoms with Gasteiger partial charge in [0.05, 0.1) is 23.9 Å². The molecule has 0 aliphatic rings. The van der Waals surface area contributed by atoms with E-state index >= 15 is 0 Å². The molecular weight excluding hydrogens is 300 g/mol. The molecule has 0 bridgehead atoms. The highest BCUT2D eigenvalue weighted by molar-refractivity contribution is 6.33. The Morgan fingerprint density at radius 2 is 2.09 bits per heavy atom. The molecule has 5 heteroatoms. The lowest BCUT2D eigenvalue weighted by Gasteiger charge is -2.12. The number of benzene rings is 2. The fourth-order valence-corrected chi connectivity index (χ4v) is 2.20. The normalized spacial score (nSPS) is 11.3. The molecule has 0 radical (unpaired) electrons. The van der Waals surface area contributed by atoms with Gasteiger partial charge in [0.2, 0.25) is 5.91 Å². The van der Waals surface area contributed by atoms with Crippen LogP contribution in [0.15, 0.2) is 48.5 Å². The maximum absolute atomic E-state index is 12.2. The van der Waals surface area contributed by atoms with Crippen LogP contribution in [0.1, 0.15) is 5.56 Å². The van der Waals surface area contributed by atoms with Gasteiger partial charge in [-0.3, -0.25) is 4.79 Å². The van der Waals surface area contributed by atoms with Gasteiger partial charge in [-0.05, 0) is 36.2 Å². The average molecular weight is 315 g/mol. The monoisotopic (exact) mass is 314 g/mol. The Morgan fingerprint density at radius 1 is 1.32 bits per heavy atom. The quantitative estimate of drug-likeness (QED) is 0.916. The second-order valence-corrected chi connectivity index (χ2v) is 5.11. The predicted molar refractivity (Wildman–Crippen MR) is 85.9 cm³/mol. The molecule has 1 atom stereocenters. The number of carbonyl (C=O) groups excluding carboxylic acids is 1. The third-order valence-electron chi connectivity index (χ3n) is 3.18. The van der Waals surface area contributed by atoms with Crippen molar-refractivity contribution in [3.05, 3.63) is 59.1 Å². The Labute approximate surface area is 134 Å². The lowest BCUT2D eigenvalue weighted by atomic mass is 9.99. The highest BCUT2D eigenvalue weighted by Crippen LogP contribution is 2.22. The fraction of sp³-hybridized carbons (Fsp3) is 0.176. The fourth-order valence-electron chi connectivity index (χ4n) is 2.01. The van der Waals surface area contributed by atoms with E-state index in [-0.39, 0.29) is 5.91 Å². The number of para-hydroxylation sites is 1. The molecule has 0 fully saturated rings. The minimum absolute atomic E-state index is 0.310. The van der Waals surface area contributed by atoms with Crippen molar-refractivity contribution in [2.45, 2.75) is 6.42 Å². The SMILES string of the molecule is COc1cccc(C[C@@H](C#N)C(=O)Nc2ccccc2Cl)c1. The maximum atomic E-state index is 12.2. The topological polar surface area (TPSA) is 62.1 Å². The minimum atomic E-state index is -0.802. The predicted octanol–water partition coefficient (Wildman–Crippen LogP) is 3.67. The first-order chi connectivity index (χ1) is 10.6. The van der Waals surface area contributed by atoms with Gasteiger partial charge in [-0.1, -0.05) is 35.9 Å². The molecule has 2 aromatic rings. The third kappa shape index (κ3) is 4.00. The summed E-state index contributed by atoms with van der Waals surface area (Å²) in [5, 5.41) is 12.4. The van der Waals surface area contributed by atoms with Crippen LogP contribution in [-0.2, 0) is 11.2 Å². The molecular formula is C17H15ClN2O2. The van der Waals surface area contributed by atoms with Crippen LogP contribution in [-0.4, -0.2) is 13.0 Å². The number of hydrogen-bond donors (Lipinski definition) is 1. The van der Waals surface area contributed by atoms with Gasteiger partial charge in [0, 0.05) is 0 Å². The molecule has 0 spiro atoms. The largest absolute Gasteiger partial charge is 0.497 e. The van der Waals surface area contributed by atoms with E-state index in [4.69, 9.17) is 16.3 Å². The Morgan fingerprint density at radius 3 is 2.77 bits per heavy atom. The Kier molecular flexibility index (Phi) is 5.40. The molecule has 4 nitrogen and oxygen atoms in total. The van der Waals surface area contributed by atoms with Crippen LogP contribution in [0, 0.1) is 17.2 Å². The number of halogens is 1. The molecule has 1 N–H and O–H groups in total. The van der Waals surface area contributed by atoms with Gasteiger partial charge in [0.1, 0.15) is 11.7 Å². The summed E-state index contributed by atoms with van der Waals surface area (Å²) in [4.78, 5) is 12.2. The van der Waals surface area contributed by atoms with Gasteiger partial charge in [-0.2, -0.15) is 5.26 Å². The Bertz CT molecular complexity index is 710. The summed E-state index contributed by atoms with van der Waals surface area (Å²) < 4.78 is 5.14. The van der Waals surface area contributed by atoms with Crippen molar-refractivity contribution in [2.75, 3.05) is 12.4 Å². The summed E-state index contributed by atoms with van der Waals surface area (Å²) in [6.07, 6.45) is 0.310. The van der Waals surface area contributed by atoms with E-state index in [1.807, 2.05) is 30.3 Å². The molecule has 22 heavy (non-hydrogen) atoms. The van der Waals surface area contributed by atoms with Crippen molar-refractivity contribution in [2.24, 2.45) is 5.92 Å². The lowest BCUT2D eigenvalue weighted by Crippen LogP contribution is -2.23. The smallest absolute Gasteiger partial charge is 0.242 e. The van der Waals surface area contributed by atoms with Gasteiger partial charge < -0.3 is 10.1 Å². The number of nitrogens with one attached hydrogen (secondary N) is 1. The molecule has 0 aliphatic heterocycles. The zero-order chi connectivity index (χ0) is 15.9. The second-order valence-electron chi connectivity index (χ2n) is 4.71. The summed E-state index contributed by atoms with van der Waals surface area (Å²) in [6, 6.07) is 16.3. The molecule has 2 aromatic carbocycles. The summed E-state index contributed by atoms with van der Waals surface area (Å²) in [5.74, 6) is -0.484. The first-order valence-electron chi connectivity index (χ1n) is 6.72. The van der Waals surface area contributed by atoms with Crippen LogP contribution in [0.4, 0.5) is 5.69 Å². The van der Waals surface area contributed by atoms with E-state index in [9.17, 15) is 10.1 Å². The summed E-state index contributed by atoms with van der Waals surface area (Å²) >= 11 is 6.00. The van der Waals surface area contributed by atoms with Crippen molar-refractivity contribution in [3.63, 3.8) is 0 Å². The van der Waals surface area contributed by atoms with Gasteiger partial charge in [-0.25, -0.2) is 0 Å². The van der Waals surface area contributed by atoms with Crippen molar-refractivity contribution in [1.82, 2.24) is 0 Å². The second kappa shape index (κ2) is 7.48. The van der Waals surface area contributed by atoms with Gasteiger partial charge in [-0.15, -0.1) is 0 Å². The van der Waals surface area contributed by atoms with Crippen molar-refractivity contribution < 1.29 is 9.53 Å². The number of rotatable bonds is 5. The van der Waals surface area contributed by atoms with Crippen LogP contribution in [0.25, 0.3) is 0 Å². The Balaban J connectivity index is 2.09. The van der Waals surface area contributed by atoms with E-state index in [1.54, 1.807) is 31.4 Å². The van der Waals surface area contributed by atoms with E-state index in [0.717, 1.165) is 5.56 Å². The van der Waals surface area contributed by atoms with Crippen molar-refractivity contribution >= 4 is 23.2 Å².